The quantitative estimate of drug-likeness (QED) is 0.663. The lowest BCUT2D eigenvalue weighted by molar-refractivity contribution is -0.133. The molecule has 1 unspecified atom stereocenters. The van der Waals surface area contributed by atoms with Gasteiger partial charge in [0.2, 0.25) is 11.8 Å². The van der Waals surface area contributed by atoms with Crippen molar-refractivity contribution < 1.29 is 9.59 Å². The molecule has 4 nitrogen and oxygen atoms in total. The first-order valence-corrected chi connectivity index (χ1v) is 4.77. The third-order valence-corrected chi connectivity index (χ3v) is 2.34. The van der Waals surface area contributed by atoms with Gasteiger partial charge in [0.25, 0.3) is 0 Å². The summed E-state index contributed by atoms with van der Waals surface area (Å²) in [6.07, 6.45) is 1.09. The zero-order valence-corrected chi connectivity index (χ0v) is 8.17. The number of nitrogens with one attached hydrogen (secondary N) is 1. The third-order valence-electron chi connectivity index (χ3n) is 2.34. The molecule has 74 valence electrons. The highest BCUT2D eigenvalue weighted by Crippen LogP contribution is 2.05. The molecule has 1 N–H and O–H groups in total. The van der Waals surface area contributed by atoms with Crippen LogP contribution >= 0.6 is 0 Å². The van der Waals surface area contributed by atoms with Gasteiger partial charge in [-0.05, 0) is 13.3 Å². The van der Waals surface area contributed by atoms with Gasteiger partial charge in [0.1, 0.15) is 6.04 Å². The van der Waals surface area contributed by atoms with E-state index in [0.717, 1.165) is 0 Å². The SMILES string of the molecule is CCC1NC(=O)CCN(CC)C1=O. The summed E-state index contributed by atoms with van der Waals surface area (Å²) in [6.45, 7) is 5.07. The normalized spacial score (nSPS) is 24.2. The molecule has 0 aliphatic carbocycles. The van der Waals surface area contributed by atoms with Crippen LogP contribution in [0.2, 0.25) is 0 Å². The van der Waals surface area contributed by atoms with Crippen LogP contribution in [-0.2, 0) is 9.59 Å². The number of carbonyl (C=O) groups is 2. The van der Waals surface area contributed by atoms with E-state index in [1.165, 1.54) is 0 Å². The average molecular weight is 184 g/mol. The second-order valence-corrected chi connectivity index (χ2v) is 3.20. The minimum atomic E-state index is -0.310. The Hall–Kier alpha value is -1.06. The standard InChI is InChI=1S/C9H16N2O2/c1-3-7-9(13)11(4-2)6-5-8(12)10-7/h7H,3-6H2,1-2H3,(H,10,12). The van der Waals surface area contributed by atoms with Crippen LogP contribution in [-0.4, -0.2) is 35.8 Å². The lowest BCUT2D eigenvalue weighted by Gasteiger charge is -2.21. The number of likely N-dealkylation sites (N-methyl/N-ethyl adjacent to an activating group) is 1. The molecule has 13 heavy (non-hydrogen) atoms. The van der Waals surface area contributed by atoms with Crippen molar-refractivity contribution in [3.05, 3.63) is 0 Å². The molecule has 4 heteroatoms. The lowest BCUT2D eigenvalue weighted by Crippen LogP contribution is -2.44. The van der Waals surface area contributed by atoms with E-state index in [-0.39, 0.29) is 17.9 Å². The predicted molar refractivity (Wildman–Crippen MR) is 49.1 cm³/mol. The van der Waals surface area contributed by atoms with E-state index in [1.54, 1.807) is 4.90 Å². The summed E-state index contributed by atoms with van der Waals surface area (Å²) in [7, 11) is 0. The van der Waals surface area contributed by atoms with Gasteiger partial charge in [0, 0.05) is 19.5 Å². The molecule has 2 amide bonds. The van der Waals surface area contributed by atoms with Gasteiger partial charge in [-0.2, -0.15) is 0 Å². The monoisotopic (exact) mass is 184 g/mol. The van der Waals surface area contributed by atoms with Crippen molar-refractivity contribution in [1.29, 1.82) is 0 Å². The fourth-order valence-corrected chi connectivity index (χ4v) is 1.49. The van der Waals surface area contributed by atoms with Crippen LogP contribution in [0.5, 0.6) is 0 Å². The van der Waals surface area contributed by atoms with Crippen molar-refractivity contribution in [3.63, 3.8) is 0 Å². The van der Waals surface area contributed by atoms with Gasteiger partial charge >= 0.3 is 0 Å². The smallest absolute Gasteiger partial charge is 0.245 e. The molecule has 1 fully saturated rings. The fourth-order valence-electron chi connectivity index (χ4n) is 1.49. The summed E-state index contributed by atoms with van der Waals surface area (Å²) < 4.78 is 0. The van der Waals surface area contributed by atoms with Crippen molar-refractivity contribution in [3.8, 4) is 0 Å². The molecule has 1 atom stereocenters. The highest BCUT2D eigenvalue weighted by atomic mass is 16.2. The first-order chi connectivity index (χ1) is 6.19. The maximum absolute atomic E-state index is 11.7. The Labute approximate surface area is 78.3 Å². The van der Waals surface area contributed by atoms with Gasteiger partial charge < -0.3 is 10.2 Å². The summed E-state index contributed by atoms with van der Waals surface area (Å²) in [5.41, 5.74) is 0. The average Bonchev–Trinajstić information content (AvgIpc) is 2.26. The van der Waals surface area contributed by atoms with Crippen LogP contribution < -0.4 is 5.32 Å². The molecule has 0 bridgehead atoms. The van der Waals surface area contributed by atoms with Crippen molar-refractivity contribution in [1.82, 2.24) is 10.2 Å². The molecule has 1 saturated heterocycles. The first kappa shape index (κ1) is 10.0. The summed E-state index contributed by atoms with van der Waals surface area (Å²) in [5, 5.41) is 2.71. The van der Waals surface area contributed by atoms with E-state index in [9.17, 15) is 9.59 Å². The highest BCUT2D eigenvalue weighted by molar-refractivity contribution is 5.89. The van der Waals surface area contributed by atoms with Crippen LogP contribution in [0.4, 0.5) is 0 Å². The Morgan fingerprint density at radius 2 is 2.15 bits per heavy atom. The minimum absolute atomic E-state index is 0.0175. The Balaban J connectivity index is 2.72. The van der Waals surface area contributed by atoms with E-state index in [4.69, 9.17) is 0 Å². The maximum atomic E-state index is 11.7. The molecule has 1 rings (SSSR count). The molecular formula is C9H16N2O2. The molecule has 0 spiro atoms. The van der Waals surface area contributed by atoms with Crippen LogP contribution in [0.1, 0.15) is 26.7 Å². The van der Waals surface area contributed by atoms with Crippen LogP contribution in [0.15, 0.2) is 0 Å². The number of amides is 2. The van der Waals surface area contributed by atoms with Gasteiger partial charge in [-0.25, -0.2) is 0 Å². The number of rotatable bonds is 2. The molecule has 1 heterocycles. The molecule has 0 aromatic carbocycles. The summed E-state index contributed by atoms with van der Waals surface area (Å²) >= 11 is 0. The van der Waals surface area contributed by atoms with E-state index in [1.807, 2.05) is 13.8 Å². The van der Waals surface area contributed by atoms with E-state index >= 15 is 0 Å². The molecule has 1 aliphatic rings. The number of hydrogen-bond donors (Lipinski definition) is 1. The Bertz CT molecular complexity index is 216. The predicted octanol–water partition coefficient (Wildman–Crippen LogP) is 0.133. The third kappa shape index (κ3) is 2.20. The topological polar surface area (TPSA) is 49.4 Å². The summed E-state index contributed by atoms with van der Waals surface area (Å²) in [4.78, 5) is 24.6. The van der Waals surface area contributed by atoms with Crippen molar-refractivity contribution in [2.24, 2.45) is 0 Å². The van der Waals surface area contributed by atoms with Gasteiger partial charge in [0.05, 0.1) is 0 Å². The maximum Gasteiger partial charge on any atom is 0.245 e. The van der Waals surface area contributed by atoms with Crippen molar-refractivity contribution >= 4 is 11.8 Å². The fraction of sp³-hybridized carbons (Fsp3) is 0.778. The van der Waals surface area contributed by atoms with E-state index < -0.39 is 0 Å². The van der Waals surface area contributed by atoms with Gasteiger partial charge in [-0.3, -0.25) is 9.59 Å². The van der Waals surface area contributed by atoms with Crippen LogP contribution in [0.25, 0.3) is 0 Å². The lowest BCUT2D eigenvalue weighted by atomic mass is 10.2. The number of hydrogen-bond acceptors (Lipinski definition) is 2. The van der Waals surface area contributed by atoms with Gasteiger partial charge in [0.15, 0.2) is 0 Å². The minimum Gasteiger partial charge on any atom is -0.344 e. The second-order valence-electron chi connectivity index (χ2n) is 3.20. The second kappa shape index (κ2) is 4.25. The molecule has 0 saturated carbocycles. The number of nitrogens with zero attached hydrogens (tertiary/aromatic N) is 1. The Morgan fingerprint density at radius 1 is 1.46 bits per heavy atom. The van der Waals surface area contributed by atoms with Crippen molar-refractivity contribution in [2.45, 2.75) is 32.7 Å². The molecule has 1 aliphatic heterocycles. The highest BCUT2D eigenvalue weighted by Gasteiger charge is 2.26. The van der Waals surface area contributed by atoms with Gasteiger partial charge in [-0.15, -0.1) is 0 Å². The number of carbonyl (C=O) groups excluding carboxylic acids is 2. The molecule has 0 aromatic heterocycles. The largest absolute Gasteiger partial charge is 0.344 e. The van der Waals surface area contributed by atoms with Gasteiger partial charge in [-0.1, -0.05) is 6.92 Å². The molecule has 0 aromatic rings. The summed E-state index contributed by atoms with van der Waals surface area (Å²) in [5.74, 6) is 0.0343. The van der Waals surface area contributed by atoms with Crippen LogP contribution in [0, 0.1) is 0 Å². The van der Waals surface area contributed by atoms with Crippen LogP contribution in [0.3, 0.4) is 0 Å². The Morgan fingerprint density at radius 3 is 2.69 bits per heavy atom. The molecular weight excluding hydrogens is 168 g/mol. The van der Waals surface area contributed by atoms with E-state index in [0.29, 0.717) is 25.9 Å². The Kier molecular flexibility index (Phi) is 3.28. The molecule has 0 radical (unpaired) electrons. The first-order valence-electron chi connectivity index (χ1n) is 4.77. The summed E-state index contributed by atoms with van der Waals surface area (Å²) in [6, 6.07) is -0.310. The zero-order valence-electron chi connectivity index (χ0n) is 8.17. The van der Waals surface area contributed by atoms with E-state index in [2.05, 4.69) is 5.32 Å². The zero-order chi connectivity index (χ0) is 9.84. The van der Waals surface area contributed by atoms with Crippen molar-refractivity contribution in [2.75, 3.05) is 13.1 Å².